The molecular weight excluding hydrogens is 402 g/mol. The minimum atomic E-state index is -0.114. The van der Waals surface area contributed by atoms with Crippen molar-refractivity contribution in [3.8, 4) is 5.75 Å². The maximum atomic E-state index is 6.23. The molecule has 2 N–H and O–H groups in total. The van der Waals surface area contributed by atoms with E-state index in [0.29, 0.717) is 0 Å². The van der Waals surface area contributed by atoms with Gasteiger partial charge in [-0.05, 0) is 59.1 Å². The molecule has 2 unspecified atom stereocenters. The second kappa shape index (κ2) is 7.07. The molecule has 1 heterocycles. The Kier molecular flexibility index (Phi) is 5.66. The van der Waals surface area contributed by atoms with E-state index >= 15 is 0 Å². The molecule has 2 atom stereocenters. The van der Waals surface area contributed by atoms with Crippen LogP contribution in [0.3, 0.4) is 0 Å². The Bertz CT molecular complexity index is 585. The van der Waals surface area contributed by atoms with Crippen molar-refractivity contribution in [3.05, 3.63) is 49.0 Å². The second-order valence-corrected chi connectivity index (χ2v) is 7.40. The summed E-state index contributed by atoms with van der Waals surface area (Å²) in [5.74, 6) is 0.851. The summed E-state index contributed by atoms with van der Waals surface area (Å²) >= 11 is 8.65. The molecule has 0 aliphatic carbocycles. The molecule has 5 heteroatoms. The van der Waals surface area contributed by atoms with Gasteiger partial charge in [-0.1, -0.05) is 22.9 Å². The number of benzene rings is 1. The monoisotopic (exact) mass is 417 g/mol. The van der Waals surface area contributed by atoms with Crippen LogP contribution in [0.15, 0.2) is 38.6 Å². The maximum absolute atomic E-state index is 6.23. The Morgan fingerprint density at radius 2 is 2.05 bits per heavy atom. The fourth-order valence-electron chi connectivity index (χ4n) is 1.89. The predicted molar refractivity (Wildman–Crippen MR) is 92.5 cm³/mol. The fraction of sp³-hybridized carbons (Fsp3) is 0.333. The van der Waals surface area contributed by atoms with Crippen LogP contribution in [0.4, 0.5) is 0 Å². The Morgan fingerprint density at radius 1 is 1.30 bits per heavy atom. The molecule has 0 saturated carbocycles. The van der Waals surface area contributed by atoms with Crippen LogP contribution >= 0.6 is 43.2 Å². The first kappa shape index (κ1) is 16.0. The lowest BCUT2D eigenvalue weighted by Crippen LogP contribution is -2.30. The quantitative estimate of drug-likeness (QED) is 0.701. The van der Waals surface area contributed by atoms with E-state index in [1.54, 1.807) is 11.3 Å². The lowest BCUT2D eigenvalue weighted by atomic mass is 10.1. The zero-order valence-electron chi connectivity index (χ0n) is 11.4. The molecule has 0 saturated heterocycles. The molecule has 0 bridgehead atoms. The highest BCUT2D eigenvalue weighted by atomic mass is 79.9. The summed E-state index contributed by atoms with van der Waals surface area (Å²) < 4.78 is 8.30. The fourth-order valence-corrected chi connectivity index (χ4v) is 3.68. The van der Waals surface area contributed by atoms with Crippen molar-refractivity contribution in [2.45, 2.75) is 32.4 Å². The summed E-state index contributed by atoms with van der Waals surface area (Å²) in [5, 5.41) is 2.06. The van der Waals surface area contributed by atoms with Gasteiger partial charge in [-0.25, -0.2) is 0 Å². The molecule has 0 fully saturated rings. The average molecular weight is 419 g/mol. The van der Waals surface area contributed by atoms with E-state index in [4.69, 9.17) is 10.5 Å². The Morgan fingerprint density at radius 3 is 2.60 bits per heavy atom. The van der Waals surface area contributed by atoms with Gasteiger partial charge in [0, 0.05) is 25.2 Å². The zero-order valence-corrected chi connectivity index (χ0v) is 15.4. The van der Waals surface area contributed by atoms with E-state index in [-0.39, 0.29) is 12.1 Å². The molecular formula is C15H17Br2NOS. The first-order chi connectivity index (χ1) is 9.51. The van der Waals surface area contributed by atoms with Crippen molar-refractivity contribution in [1.82, 2.24) is 0 Å². The molecule has 0 spiro atoms. The van der Waals surface area contributed by atoms with E-state index < -0.39 is 0 Å². The highest BCUT2D eigenvalue weighted by molar-refractivity contribution is 9.10. The lowest BCUT2D eigenvalue weighted by molar-refractivity contribution is 0.174. The van der Waals surface area contributed by atoms with Crippen molar-refractivity contribution < 1.29 is 4.74 Å². The molecule has 108 valence electrons. The van der Waals surface area contributed by atoms with Gasteiger partial charge in [0.25, 0.3) is 0 Å². The third-order valence-corrected chi connectivity index (χ3v) is 5.77. The third kappa shape index (κ3) is 3.85. The normalized spacial score (nSPS) is 14.1. The summed E-state index contributed by atoms with van der Waals surface area (Å²) in [5.41, 5.74) is 7.38. The third-order valence-electron chi connectivity index (χ3n) is 3.12. The van der Waals surface area contributed by atoms with Crippen LogP contribution in [-0.4, -0.2) is 6.04 Å². The zero-order chi connectivity index (χ0) is 14.7. The number of hydrogen-bond acceptors (Lipinski definition) is 3. The van der Waals surface area contributed by atoms with Crippen molar-refractivity contribution in [2.24, 2.45) is 5.73 Å². The number of halogens is 2. The van der Waals surface area contributed by atoms with Gasteiger partial charge in [0.1, 0.15) is 11.9 Å². The standard InChI is InChI=1S/C15H17Br2NOS/c1-3-13(18)15(14-7-10(16)8-20-14)19-11-4-5-12(17)9(2)6-11/h4-8,13,15H,3,18H2,1-2H3. The van der Waals surface area contributed by atoms with Gasteiger partial charge in [-0.15, -0.1) is 11.3 Å². The molecule has 0 radical (unpaired) electrons. The topological polar surface area (TPSA) is 35.2 Å². The molecule has 1 aromatic carbocycles. The van der Waals surface area contributed by atoms with Gasteiger partial charge in [0.15, 0.2) is 0 Å². The minimum Gasteiger partial charge on any atom is -0.483 e. The summed E-state index contributed by atoms with van der Waals surface area (Å²) in [6, 6.07) is 8.06. The first-order valence-electron chi connectivity index (χ1n) is 6.43. The number of rotatable bonds is 5. The van der Waals surface area contributed by atoms with Gasteiger partial charge >= 0.3 is 0 Å². The van der Waals surface area contributed by atoms with Gasteiger partial charge in [0.2, 0.25) is 0 Å². The number of ether oxygens (including phenoxy) is 1. The number of nitrogens with two attached hydrogens (primary N) is 1. The van der Waals surface area contributed by atoms with Crippen molar-refractivity contribution in [1.29, 1.82) is 0 Å². The Balaban J connectivity index is 2.25. The van der Waals surface area contributed by atoms with Crippen LogP contribution in [0.2, 0.25) is 0 Å². The van der Waals surface area contributed by atoms with E-state index in [2.05, 4.69) is 50.2 Å². The first-order valence-corrected chi connectivity index (χ1v) is 8.90. The molecule has 20 heavy (non-hydrogen) atoms. The van der Waals surface area contributed by atoms with Crippen LogP contribution < -0.4 is 10.5 Å². The molecule has 2 aromatic rings. The largest absolute Gasteiger partial charge is 0.483 e. The Labute approximate surface area is 140 Å². The van der Waals surface area contributed by atoms with Crippen molar-refractivity contribution >= 4 is 43.2 Å². The Hall–Kier alpha value is -0.360. The van der Waals surface area contributed by atoms with Crippen LogP contribution in [0.5, 0.6) is 5.75 Å². The van der Waals surface area contributed by atoms with Crippen molar-refractivity contribution in [3.63, 3.8) is 0 Å². The highest BCUT2D eigenvalue weighted by Gasteiger charge is 2.22. The maximum Gasteiger partial charge on any atom is 0.148 e. The van der Waals surface area contributed by atoms with Crippen molar-refractivity contribution in [2.75, 3.05) is 0 Å². The molecule has 2 rings (SSSR count). The number of hydrogen-bond donors (Lipinski definition) is 1. The van der Waals surface area contributed by atoms with E-state index in [0.717, 1.165) is 31.6 Å². The molecule has 2 nitrogen and oxygen atoms in total. The average Bonchev–Trinajstić information content (AvgIpc) is 2.85. The minimum absolute atomic E-state index is 0.0236. The summed E-state index contributed by atoms with van der Waals surface area (Å²) in [4.78, 5) is 1.15. The van der Waals surface area contributed by atoms with Gasteiger partial charge in [-0.3, -0.25) is 0 Å². The number of aryl methyl sites for hydroxylation is 1. The summed E-state index contributed by atoms with van der Waals surface area (Å²) in [7, 11) is 0. The van der Waals surface area contributed by atoms with Crippen LogP contribution in [0.25, 0.3) is 0 Å². The van der Waals surface area contributed by atoms with E-state index in [9.17, 15) is 0 Å². The predicted octanol–water partition coefficient (Wildman–Crippen LogP) is 5.44. The molecule has 0 aliphatic rings. The van der Waals surface area contributed by atoms with E-state index in [1.165, 1.54) is 0 Å². The summed E-state index contributed by atoms with van der Waals surface area (Å²) in [6.07, 6.45) is 0.757. The SMILES string of the molecule is CCC(N)C(Oc1ccc(Br)c(C)c1)c1cc(Br)cs1. The number of thiophene rings is 1. The molecule has 1 aromatic heterocycles. The van der Waals surface area contributed by atoms with Crippen LogP contribution in [-0.2, 0) is 0 Å². The van der Waals surface area contributed by atoms with Gasteiger partial charge in [0.05, 0.1) is 0 Å². The second-order valence-electron chi connectivity index (χ2n) is 4.69. The van der Waals surface area contributed by atoms with Gasteiger partial charge in [-0.2, -0.15) is 0 Å². The lowest BCUT2D eigenvalue weighted by Gasteiger charge is -2.23. The smallest absolute Gasteiger partial charge is 0.148 e. The van der Waals surface area contributed by atoms with E-state index in [1.807, 2.05) is 25.1 Å². The van der Waals surface area contributed by atoms with Crippen LogP contribution in [0, 0.1) is 6.92 Å². The van der Waals surface area contributed by atoms with Crippen LogP contribution in [0.1, 0.15) is 29.9 Å². The van der Waals surface area contributed by atoms with Gasteiger partial charge < -0.3 is 10.5 Å². The molecule has 0 amide bonds. The molecule has 0 aliphatic heterocycles. The highest BCUT2D eigenvalue weighted by Crippen LogP contribution is 2.33. The summed E-state index contributed by atoms with van der Waals surface area (Å²) in [6.45, 7) is 4.13.